The van der Waals surface area contributed by atoms with E-state index in [1.165, 1.54) is 16.5 Å². The molecule has 2 aromatic heterocycles. The minimum atomic E-state index is 0.0284. The fraction of sp³-hybridized carbons (Fsp3) is 0.333. The van der Waals surface area contributed by atoms with Crippen molar-refractivity contribution in [1.82, 2.24) is 14.5 Å². The number of rotatable bonds is 6. The van der Waals surface area contributed by atoms with Crippen LogP contribution in [0.25, 0.3) is 10.9 Å². The van der Waals surface area contributed by atoms with Gasteiger partial charge in [-0.1, -0.05) is 32.0 Å². The zero-order chi connectivity index (χ0) is 25.2. The monoisotopic (exact) mass is 477 g/mol. The molecule has 0 bridgehead atoms. The number of nitriles is 1. The van der Waals surface area contributed by atoms with Crippen molar-refractivity contribution in [2.45, 2.75) is 44.9 Å². The maximum atomic E-state index is 12.9. The molecule has 0 N–H and O–H groups in total. The van der Waals surface area contributed by atoms with Crippen molar-refractivity contribution in [1.29, 1.82) is 5.26 Å². The van der Waals surface area contributed by atoms with Gasteiger partial charge in [-0.05, 0) is 65.6 Å². The molecule has 6 nitrogen and oxygen atoms in total. The second-order valence-corrected chi connectivity index (χ2v) is 10.1. The first kappa shape index (κ1) is 23.7. The minimum Gasteiger partial charge on any atom is -0.350 e. The summed E-state index contributed by atoms with van der Waals surface area (Å²) in [6, 6.07) is 15.4. The lowest BCUT2D eigenvalue weighted by molar-refractivity contribution is 0.0993. The SMILES string of the molecule is CC(C)c1cnc(N2CCC(c3cn(C)c4ccc(CC(=O)c5cccc(C#N)c5)cc34)CC2)nc1. The topological polar surface area (TPSA) is 74.8 Å². The Morgan fingerprint density at radius 1 is 1.11 bits per heavy atom. The number of aryl methyl sites for hydroxylation is 1. The second-order valence-electron chi connectivity index (χ2n) is 10.1. The van der Waals surface area contributed by atoms with Crippen molar-refractivity contribution < 1.29 is 4.79 Å². The van der Waals surface area contributed by atoms with Crippen LogP contribution in [0.3, 0.4) is 0 Å². The second kappa shape index (κ2) is 9.94. The molecule has 0 unspecified atom stereocenters. The van der Waals surface area contributed by atoms with Gasteiger partial charge in [-0.25, -0.2) is 9.97 Å². The van der Waals surface area contributed by atoms with E-state index < -0.39 is 0 Å². The molecule has 0 aliphatic carbocycles. The average molecular weight is 478 g/mol. The van der Waals surface area contributed by atoms with Crippen LogP contribution >= 0.6 is 0 Å². The van der Waals surface area contributed by atoms with Gasteiger partial charge in [0.2, 0.25) is 5.95 Å². The van der Waals surface area contributed by atoms with E-state index in [4.69, 9.17) is 5.26 Å². The molecular formula is C30H31N5O. The standard InChI is InChI=1S/C30H31N5O/c1-20(2)25-17-32-30(33-18-25)35-11-9-23(10-12-35)27-19-34(3)28-8-7-21(14-26(27)28)15-29(36)24-6-4-5-22(13-24)16-31/h4-8,13-14,17-20,23H,9-12,15H2,1-3H3. The molecular weight excluding hydrogens is 446 g/mol. The first-order valence-electron chi connectivity index (χ1n) is 12.6. The largest absolute Gasteiger partial charge is 0.350 e. The number of carbonyl (C=O) groups excluding carboxylic acids is 1. The van der Waals surface area contributed by atoms with E-state index in [-0.39, 0.29) is 5.78 Å². The molecule has 6 heteroatoms. The fourth-order valence-corrected chi connectivity index (χ4v) is 5.14. The highest BCUT2D eigenvalue weighted by Crippen LogP contribution is 2.35. The summed E-state index contributed by atoms with van der Waals surface area (Å²) in [6.45, 7) is 6.16. The number of fused-ring (bicyclic) bond motifs is 1. The lowest BCUT2D eigenvalue weighted by atomic mass is 9.88. The molecule has 0 atom stereocenters. The zero-order valence-electron chi connectivity index (χ0n) is 21.1. The quantitative estimate of drug-likeness (QED) is 0.330. The smallest absolute Gasteiger partial charge is 0.225 e. The number of hydrogen-bond donors (Lipinski definition) is 0. The summed E-state index contributed by atoms with van der Waals surface area (Å²) < 4.78 is 2.19. The summed E-state index contributed by atoms with van der Waals surface area (Å²) in [5.41, 5.74) is 5.79. The molecule has 36 heavy (non-hydrogen) atoms. The molecule has 1 saturated heterocycles. The van der Waals surface area contributed by atoms with Gasteiger partial charge < -0.3 is 9.47 Å². The number of ketones is 1. The Labute approximate surface area is 212 Å². The molecule has 1 fully saturated rings. The number of anilines is 1. The van der Waals surface area contributed by atoms with E-state index in [0.717, 1.165) is 43.0 Å². The van der Waals surface area contributed by atoms with Crippen LogP contribution in [0.15, 0.2) is 61.1 Å². The van der Waals surface area contributed by atoms with Crippen LogP contribution in [0.1, 0.15) is 71.1 Å². The van der Waals surface area contributed by atoms with Crippen LogP contribution in [0.5, 0.6) is 0 Å². The van der Waals surface area contributed by atoms with Crippen LogP contribution in [-0.4, -0.2) is 33.4 Å². The molecule has 3 heterocycles. The number of aromatic nitrogens is 3. The van der Waals surface area contributed by atoms with Crippen molar-refractivity contribution in [2.75, 3.05) is 18.0 Å². The molecule has 5 rings (SSSR count). The predicted octanol–water partition coefficient (Wildman–Crippen LogP) is 5.77. The highest BCUT2D eigenvalue weighted by atomic mass is 16.1. The van der Waals surface area contributed by atoms with Gasteiger partial charge in [-0.3, -0.25) is 4.79 Å². The van der Waals surface area contributed by atoms with Crippen molar-refractivity contribution in [3.63, 3.8) is 0 Å². The Hall–Kier alpha value is -3.98. The molecule has 0 saturated carbocycles. The zero-order valence-corrected chi connectivity index (χ0v) is 21.1. The molecule has 1 aliphatic rings. The van der Waals surface area contributed by atoms with Crippen molar-refractivity contribution in [2.24, 2.45) is 7.05 Å². The van der Waals surface area contributed by atoms with Gasteiger partial charge in [0, 0.05) is 61.6 Å². The maximum Gasteiger partial charge on any atom is 0.225 e. The van der Waals surface area contributed by atoms with Gasteiger partial charge in [0.25, 0.3) is 0 Å². The van der Waals surface area contributed by atoms with E-state index in [1.54, 1.807) is 24.3 Å². The van der Waals surface area contributed by atoms with Gasteiger partial charge in [0.1, 0.15) is 0 Å². The molecule has 0 radical (unpaired) electrons. The molecule has 4 aromatic rings. The third-order valence-corrected chi connectivity index (χ3v) is 7.31. The van der Waals surface area contributed by atoms with Crippen molar-refractivity contribution >= 4 is 22.6 Å². The molecule has 0 spiro atoms. The summed E-state index contributed by atoms with van der Waals surface area (Å²) in [5, 5.41) is 10.4. The minimum absolute atomic E-state index is 0.0284. The predicted molar refractivity (Wildman–Crippen MR) is 142 cm³/mol. The number of nitrogens with zero attached hydrogens (tertiary/aromatic N) is 5. The van der Waals surface area contributed by atoms with Crippen LogP contribution in [-0.2, 0) is 13.5 Å². The summed E-state index contributed by atoms with van der Waals surface area (Å²) in [7, 11) is 2.09. The van der Waals surface area contributed by atoms with E-state index in [2.05, 4.69) is 64.7 Å². The van der Waals surface area contributed by atoms with Gasteiger partial charge in [-0.2, -0.15) is 5.26 Å². The summed E-state index contributed by atoms with van der Waals surface area (Å²) in [6.07, 6.45) is 8.55. The highest BCUT2D eigenvalue weighted by Gasteiger charge is 2.25. The van der Waals surface area contributed by atoms with Gasteiger partial charge in [0.05, 0.1) is 11.6 Å². The van der Waals surface area contributed by atoms with Crippen LogP contribution in [0, 0.1) is 11.3 Å². The molecule has 2 aromatic carbocycles. The van der Waals surface area contributed by atoms with Gasteiger partial charge in [-0.15, -0.1) is 0 Å². The average Bonchev–Trinajstić information content (AvgIpc) is 3.24. The highest BCUT2D eigenvalue weighted by molar-refractivity contribution is 5.98. The van der Waals surface area contributed by atoms with Gasteiger partial charge in [0.15, 0.2) is 5.78 Å². The normalized spacial score (nSPS) is 14.4. The first-order chi connectivity index (χ1) is 17.4. The Bertz CT molecular complexity index is 1440. The third kappa shape index (κ3) is 4.74. The summed E-state index contributed by atoms with van der Waals surface area (Å²) in [4.78, 5) is 24.4. The molecule has 1 aliphatic heterocycles. The Morgan fingerprint density at radius 2 is 1.86 bits per heavy atom. The Morgan fingerprint density at radius 3 is 2.56 bits per heavy atom. The number of benzene rings is 2. The molecule has 182 valence electrons. The number of carbonyl (C=O) groups is 1. The Balaban J connectivity index is 1.33. The van der Waals surface area contributed by atoms with E-state index >= 15 is 0 Å². The van der Waals surface area contributed by atoms with Crippen LogP contribution < -0.4 is 4.90 Å². The van der Waals surface area contributed by atoms with E-state index in [1.807, 2.05) is 18.5 Å². The summed E-state index contributed by atoms with van der Waals surface area (Å²) >= 11 is 0. The van der Waals surface area contributed by atoms with Gasteiger partial charge >= 0.3 is 0 Å². The molecule has 0 amide bonds. The van der Waals surface area contributed by atoms with Crippen LogP contribution in [0.4, 0.5) is 5.95 Å². The van der Waals surface area contributed by atoms with E-state index in [0.29, 0.717) is 29.4 Å². The maximum absolute atomic E-state index is 12.9. The lowest BCUT2D eigenvalue weighted by Crippen LogP contribution is -2.34. The first-order valence-corrected chi connectivity index (χ1v) is 12.6. The lowest BCUT2D eigenvalue weighted by Gasteiger charge is -2.32. The van der Waals surface area contributed by atoms with Crippen molar-refractivity contribution in [3.8, 4) is 6.07 Å². The van der Waals surface area contributed by atoms with E-state index in [9.17, 15) is 4.79 Å². The number of hydrogen-bond acceptors (Lipinski definition) is 5. The fourth-order valence-electron chi connectivity index (χ4n) is 5.14. The third-order valence-electron chi connectivity index (χ3n) is 7.31. The Kier molecular flexibility index (Phi) is 6.56. The summed E-state index contributed by atoms with van der Waals surface area (Å²) in [5.74, 6) is 1.73. The van der Waals surface area contributed by atoms with Crippen LogP contribution in [0.2, 0.25) is 0 Å². The number of piperidine rings is 1. The van der Waals surface area contributed by atoms with Crippen molar-refractivity contribution in [3.05, 3.63) is 88.9 Å². The number of Topliss-reactive ketones (excluding diaryl/α,β-unsaturated/α-hetero) is 1.